The van der Waals surface area contributed by atoms with Gasteiger partial charge in [0.1, 0.15) is 11.0 Å². The number of aryl methyl sites for hydroxylation is 1. The molecule has 1 aromatic heterocycles. The van der Waals surface area contributed by atoms with E-state index in [-0.39, 0.29) is 0 Å². The minimum absolute atomic E-state index is 0.921. The maximum atomic E-state index is 4.55. The molecule has 0 saturated carbocycles. The van der Waals surface area contributed by atoms with Crippen LogP contribution in [0.5, 0.6) is 0 Å². The Balaban J connectivity index is 2.02. The van der Waals surface area contributed by atoms with Crippen molar-refractivity contribution in [2.24, 2.45) is 0 Å². The van der Waals surface area contributed by atoms with Crippen LogP contribution < -0.4 is 4.90 Å². The molecule has 2 aromatic carbocycles. The van der Waals surface area contributed by atoms with Crippen molar-refractivity contribution in [2.45, 2.75) is 20.8 Å². The number of anilines is 1. The van der Waals surface area contributed by atoms with E-state index in [1.54, 1.807) is 4.80 Å². The molecule has 4 heteroatoms. The first-order chi connectivity index (χ1) is 10.2. The molecule has 0 spiro atoms. The molecule has 108 valence electrons. The van der Waals surface area contributed by atoms with Crippen LogP contribution in [0.4, 0.5) is 5.69 Å². The third-order valence-corrected chi connectivity index (χ3v) is 3.81. The predicted octanol–water partition coefficient (Wildman–Crippen LogP) is 3.58. The lowest BCUT2D eigenvalue weighted by molar-refractivity contribution is 0.759. The summed E-state index contributed by atoms with van der Waals surface area (Å²) in [6, 6.07) is 14.4. The molecule has 0 unspecified atom stereocenters. The van der Waals surface area contributed by atoms with E-state index in [1.165, 1.54) is 11.3 Å². The monoisotopic (exact) mass is 280 g/mol. The Morgan fingerprint density at radius 3 is 2.10 bits per heavy atom. The minimum atomic E-state index is 0.921. The number of benzene rings is 2. The molecule has 3 aromatic rings. The highest BCUT2D eigenvalue weighted by Gasteiger charge is 2.09. The SMILES string of the molecule is CCN(CC)c1ccc(-n2nc3ccccc3n2)c(C)c1. The van der Waals surface area contributed by atoms with E-state index in [0.717, 1.165) is 29.8 Å². The van der Waals surface area contributed by atoms with Gasteiger partial charge in [0.2, 0.25) is 0 Å². The standard InChI is InChI=1S/C17H20N4/c1-4-20(5-2)14-10-11-17(13(3)12-14)21-18-15-8-6-7-9-16(15)19-21/h6-12H,4-5H2,1-3H3. The highest BCUT2D eigenvalue weighted by Crippen LogP contribution is 2.22. The number of hydrogen-bond donors (Lipinski definition) is 0. The summed E-state index contributed by atoms with van der Waals surface area (Å²) in [6.07, 6.45) is 0. The van der Waals surface area contributed by atoms with Gasteiger partial charge in [-0.25, -0.2) is 0 Å². The molecule has 0 aliphatic heterocycles. The van der Waals surface area contributed by atoms with Crippen molar-refractivity contribution in [3.8, 4) is 5.69 Å². The fraction of sp³-hybridized carbons (Fsp3) is 0.294. The van der Waals surface area contributed by atoms with Crippen molar-refractivity contribution in [1.82, 2.24) is 15.0 Å². The lowest BCUT2D eigenvalue weighted by Gasteiger charge is -2.22. The number of fused-ring (bicyclic) bond motifs is 1. The molecule has 0 radical (unpaired) electrons. The third-order valence-electron chi connectivity index (χ3n) is 3.81. The Morgan fingerprint density at radius 2 is 1.57 bits per heavy atom. The smallest absolute Gasteiger partial charge is 0.113 e. The largest absolute Gasteiger partial charge is 0.372 e. The lowest BCUT2D eigenvalue weighted by atomic mass is 10.1. The molecular weight excluding hydrogens is 260 g/mol. The molecule has 4 nitrogen and oxygen atoms in total. The van der Waals surface area contributed by atoms with Crippen molar-refractivity contribution < 1.29 is 0 Å². The van der Waals surface area contributed by atoms with E-state index in [4.69, 9.17) is 0 Å². The minimum Gasteiger partial charge on any atom is -0.372 e. The molecule has 21 heavy (non-hydrogen) atoms. The van der Waals surface area contributed by atoms with Gasteiger partial charge in [-0.15, -0.1) is 10.2 Å². The molecule has 0 atom stereocenters. The van der Waals surface area contributed by atoms with Crippen LogP contribution in [0.1, 0.15) is 19.4 Å². The summed E-state index contributed by atoms with van der Waals surface area (Å²) in [7, 11) is 0. The predicted molar refractivity (Wildman–Crippen MR) is 87.2 cm³/mol. The van der Waals surface area contributed by atoms with E-state index in [2.05, 4.69) is 54.1 Å². The summed E-state index contributed by atoms with van der Waals surface area (Å²) in [5, 5.41) is 9.10. The van der Waals surface area contributed by atoms with Gasteiger partial charge in [-0.1, -0.05) is 12.1 Å². The van der Waals surface area contributed by atoms with Gasteiger partial charge >= 0.3 is 0 Å². The van der Waals surface area contributed by atoms with E-state index < -0.39 is 0 Å². The maximum absolute atomic E-state index is 4.55. The fourth-order valence-electron chi connectivity index (χ4n) is 2.62. The molecule has 1 heterocycles. The van der Waals surface area contributed by atoms with Gasteiger partial charge < -0.3 is 4.90 Å². The van der Waals surface area contributed by atoms with Crippen molar-refractivity contribution in [2.75, 3.05) is 18.0 Å². The summed E-state index contributed by atoms with van der Waals surface area (Å²) in [5.74, 6) is 0. The highest BCUT2D eigenvalue weighted by atomic mass is 15.5. The van der Waals surface area contributed by atoms with Crippen LogP contribution in [0.3, 0.4) is 0 Å². The molecule has 0 aliphatic carbocycles. The van der Waals surface area contributed by atoms with Gasteiger partial charge in [-0.2, -0.15) is 4.80 Å². The van der Waals surface area contributed by atoms with Gasteiger partial charge in [-0.05, 0) is 56.7 Å². The van der Waals surface area contributed by atoms with Gasteiger partial charge in [0.25, 0.3) is 0 Å². The average Bonchev–Trinajstić information content (AvgIpc) is 2.92. The molecule has 0 aliphatic rings. The topological polar surface area (TPSA) is 34.0 Å². The van der Waals surface area contributed by atoms with Crippen molar-refractivity contribution in [3.63, 3.8) is 0 Å². The van der Waals surface area contributed by atoms with E-state index in [9.17, 15) is 0 Å². The zero-order valence-corrected chi connectivity index (χ0v) is 12.7. The average molecular weight is 280 g/mol. The Labute approximate surface area is 125 Å². The summed E-state index contributed by atoms with van der Waals surface area (Å²) < 4.78 is 0. The van der Waals surface area contributed by atoms with Crippen LogP contribution in [0, 0.1) is 6.92 Å². The van der Waals surface area contributed by atoms with Crippen LogP contribution in [0.2, 0.25) is 0 Å². The van der Waals surface area contributed by atoms with Crippen LogP contribution in [-0.4, -0.2) is 28.1 Å². The second kappa shape index (κ2) is 5.56. The van der Waals surface area contributed by atoms with Crippen LogP contribution >= 0.6 is 0 Å². The highest BCUT2D eigenvalue weighted by molar-refractivity contribution is 5.73. The van der Waals surface area contributed by atoms with Gasteiger partial charge in [0.15, 0.2) is 0 Å². The van der Waals surface area contributed by atoms with Crippen molar-refractivity contribution in [3.05, 3.63) is 48.0 Å². The Bertz CT molecular complexity index is 723. The quantitative estimate of drug-likeness (QED) is 0.732. The molecule has 3 rings (SSSR count). The van der Waals surface area contributed by atoms with Gasteiger partial charge in [-0.3, -0.25) is 0 Å². The van der Waals surface area contributed by atoms with E-state index in [1.807, 2.05) is 24.3 Å². The molecule has 0 bridgehead atoms. The molecule has 0 saturated heterocycles. The molecule has 0 N–H and O–H groups in total. The first kappa shape index (κ1) is 13.6. The molecular formula is C17H20N4. The Kier molecular flexibility index (Phi) is 3.60. The first-order valence-corrected chi connectivity index (χ1v) is 7.41. The third kappa shape index (κ3) is 2.49. The second-order valence-electron chi connectivity index (χ2n) is 5.12. The molecule has 0 fully saturated rings. The summed E-state index contributed by atoms with van der Waals surface area (Å²) in [4.78, 5) is 4.07. The fourth-order valence-corrected chi connectivity index (χ4v) is 2.62. The second-order valence-corrected chi connectivity index (χ2v) is 5.12. The van der Waals surface area contributed by atoms with Crippen molar-refractivity contribution >= 4 is 16.7 Å². The first-order valence-electron chi connectivity index (χ1n) is 7.41. The van der Waals surface area contributed by atoms with Gasteiger partial charge in [0, 0.05) is 18.8 Å². The number of hydrogen-bond acceptors (Lipinski definition) is 3. The van der Waals surface area contributed by atoms with Crippen LogP contribution in [0.15, 0.2) is 42.5 Å². The molecule has 0 amide bonds. The van der Waals surface area contributed by atoms with Crippen LogP contribution in [-0.2, 0) is 0 Å². The zero-order chi connectivity index (χ0) is 14.8. The maximum Gasteiger partial charge on any atom is 0.113 e. The number of nitrogens with zero attached hydrogens (tertiary/aromatic N) is 4. The Morgan fingerprint density at radius 1 is 0.952 bits per heavy atom. The van der Waals surface area contributed by atoms with E-state index in [0.29, 0.717) is 0 Å². The zero-order valence-electron chi connectivity index (χ0n) is 12.7. The number of aromatic nitrogens is 3. The van der Waals surface area contributed by atoms with Gasteiger partial charge in [0.05, 0.1) is 5.69 Å². The van der Waals surface area contributed by atoms with Crippen LogP contribution in [0.25, 0.3) is 16.7 Å². The number of rotatable bonds is 4. The summed E-state index contributed by atoms with van der Waals surface area (Å²) >= 11 is 0. The lowest BCUT2D eigenvalue weighted by Crippen LogP contribution is -2.21. The normalized spacial score (nSPS) is 11.0. The summed E-state index contributed by atoms with van der Waals surface area (Å²) in [6.45, 7) is 8.48. The van der Waals surface area contributed by atoms with E-state index >= 15 is 0 Å². The Hall–Kier alpha value is -2.36. The summed E-state index contributed by atoms with van der Waals surface area (Å²) in [5.41, 5.74) is 5.30. The van der Waals surface area contributed by atoms with Crippen molar-refractivity contribution in [1.29, 1.82) is 0 Å².